The molecule has 0 aliphatic heterocycles. The van der Waals surface area contributed by atoms with Gasteiger partial charge in [0, 0.05) is 12.6 Å². The van der Waals surface area contributed by atoms with Crippen LogP contribution in [0.25, 0.3) is 0 Å². The average Bonchev–Trinajstić information content (AvgIpc) is 3.12. The minimum atomic E-state index is -0.875. The highest BCUT2D eigenvalue weighted by Gasteiger charge is 2.40. The zero-order valence-electron chi connectivity index (χ0n) is 15.5. The molecular formula is C25H21FN2. The number of hydrogen-bond donors (Lipinski definition) is 0. The fourth-order valence-corrected chi connectivity index (χ4v) is 3.84. The molecule has 4 aromatic rings. The molecule has 3 aromatic carbocycles. The summed E-state index contributed by atoms with van der Waals surface area (Å²) < 4.78 is 16.9. The van der Waals surface area contributed by atoms with Gasteiger partial charge in [0.25, 0.3) is 6.08 Å². The van der Waals surface area contributed by atoms with E-state index in [9.17, 15) is 0 Å². The highest BCUT2D eigenvalue weighted by molar-refractivity contribution is 5.50. The van der Waals surface area contributed by atoms with E-state index in [2.05, 4.69) is 11.6 Å². The minimum absolute atomic E-state index is 0.512. The first kappa shape index (κ1) is 17.9. The van der Waals surface area contributed by atoms with Crippen molar-refractivity contribution in [1.29, 1.82) is 0 Å². The summed E-state index contributed by atoms with van der Waals surface area (Å²) in [5.41, 5.74) is 2.68. The first-order chi connectivity index (χ1) is 13.8. The predicted molar refractivity (Wildman–Crippen MR) is 111 cm³/mol. The van der Waals surface area contributed by atoms with Gasteiger partial charge in [-0.25, -0.2) is 4.98 Å². The number of benzene rings is 3. The Morgan fingerprint density at radius 2 is 1.21 bits per heavy atom. The van der Waals surface area contributed by atoms with Crippen molar-refractivity contribution in [3.8, 4) is 0 Å². The van der Waals surface area contributed by atoms with E-state index < -0.39 is 11.6 Å². The first-order valence-electron chi connectivity index (χ1n) is 9.28. The number of halogens is 1. The SMILES string of the molecule is C=CCc1cn(C(c2ccccc2)(c2ccccc2)c2ccccc2)c(F)n1. The summed E-state index contributed by atoms with van der Waals surface area (Å²) in [4.78, 5) is 4.17. The normalized spacial score (nSPS) is 11.3. The third-order valence-electron chi connectivity index (χ3n) is 5.00. The number of nitrogens with zero attached hydrogens (tertiary/aromatic N) is 2. The zero-order valence-corrected chi connectivity index (χ0v) is 15.5. The summed E-state index contributed by atoms with van der Waals surface area (Å²) in [7, 11) is 0. The number of imidazole rings is 1. The Bertz CT molecular complexity index is 957. The lowest BCUT2D eigenvalue weighted by Crippen LogP contribution is -2.38. The molecule has 1 heterocycles. The maximum absolute atomic E-state index is 15.3. The molecule has 2 nitrogen and oxygen atoms in total. The van der Waals surface area contributed by atoms with Crippen LogP contribution in [0.4, 0.5) is 4.39 Å². The van der Waals surface area contributed by atoms with Crippen LogP contribution in [-0.2, 0) is 12.0 Å². The lowest BCUT2D eigenvalue weighted by molar-refractivity contribution is 0.397. The Morgan fingerprint density at radius 3 is 1.61 bits per heavy atom. The third-order valence-corrected chi connectivity index (χ3v) is 5.00. The van der Waals surface area contributed by atoms with Crippen LogP contribution in [0.2, 0.25) is 0 Å². The Labute approximate surface area is 164 Å². The van der Waals surface area contributed by atoms with Crippen molar-refractivity contribution in [2.45, 2.75) is 12.0 Å². The summed E-state index contributed by atoms with van der Waals surface area (Å²) in [5.74, 6) is 0. The number of aromatic nitrogens is 2. The molecule has 0 bridgehead atoms. The standard InChI is InChI=1S/C25H21FN2/c1-2-12-23-19-28(24(26)27-23)25(20-13-6-3-7-14-20,21-15-8-4-9-16-21)22-17-10-5-11-18-22/h2-11,13-19H,1,12H2. The van der Waals surface area contributed by atoms with Crippen LogP contribution in [0.15, 0.2) is 110 Å². The van der Waals surface area contributed by atoms with Gasteiger partial charge < -0.3 is 0 Å². The smallest absolute Gasteiger partial charge is 0.289 e. The summed E-state index contributed by atoms with van der Waals surface area (Å²) >= 11 is 0. The third kappa shape index (κ3) is 2.95. The van der Waals surface area contributed by atoms with Crippen molar-refractivity contribution in [3.05, 3.63) is 138 Å². The van der Waals surface area contributed by atoms with E-state index in [1.54, 1.807) is 16.8 Å². The molecule has 28 heavy (non-hydrogen) atoms. The van der Waals surface area contributed by atoms with E-state index in [-0.39, 0.29) is 0 Å². The van der Waals surface area contributed by atoms with Crippen molar-refractivity contribution >= 4 is 0 Å². The summed E-state index contributed by atoms with van der Waals surface area (Å²) in [5, 5.41) is 0. The molecule has 0 aliphatic carbocycles. The molecule has 0 fully saturated rings. The summed E-state index contributed by atoms with van der Waals surface area (Å²) in [6.07, 6.45) is 3.53. The highest BCUT2D eigenvalue weighted by atomic mass is 19.1. The Morgan fingerprint density at radius 1 is 0.786 bits per heavy atom. The zero-order chi connectivity index (χ0) is 19.4. The quantitative estimate of drug-likeness (QED) is 0.320. The molecule has 0 N–H and O–H groups in total. The largest absolute Gasteiger partial charge is 0.290 e. The topological polar surface area (TPSA) is 17.8 Å². The molecule has 0 radical (unpaired) electrons. The Hall–Kier alpha value is -3.46. The maximum Gasteiger partial charge on any atom is 0.290 e. The van der Waals surface area contributed by atoms with Crippen molar-refractivity contribution in [1.82, 2.24) is 9.55 Å². The molecule has 0 atom stereocenters. The van der Waals surface area contributed by atoms with Crippen molar-refractivity contribution in [2.75, 3.05) is 0 Å². The van der Waals surface area contributed by atoms with Crippen LogP contribution < -0.4 is 0 Å². The van der Waals surface area contributed by atoms with E-state index in [0.717, 1.165) is 16.7 Å². The minimum Gasteiger partial charge on any atom is -0.289 e. The molecule has 0 amide bonds. The molecule has 0 saturated heterocycles. The van der Waals surface area contributed by atoms with Crippen LogP contribution in [0, 0.1) is 6.08 Å². The van der Waals surface area contributed by atoms with Gasteiger partial charge >= 0.3 is 0 Å². The predicted octanol–water partition coefficient (Wildman–Crippen LogP) is 5.59. The van der Waals surface area contributed by atoms with Gasteiger partial charge in [0.15, 0.2) is 0 Å². The molecular weight excluding hydrogens is 347 g/mol. The second-order valence-corrected chi connectivity index (χ2v) is 6.67. The lowest BCUT2D eigenvalue weighted by atomic mass is 9.76. The second kappa shape index (κ2) is 7.65. The van der Waals surface area contributed by atoms with Crippen LogP contribution in [0.3, 0.4) is 0 Å². The van der Waals surface area contributed by atoms with E-state index >= 15 is 4.39 Å². The van der Waals surface area contributed by atoms with Crippen molar-refractivity contribution in [2.24, 2.45) is 0 Å². The molecule has 0 saturated carbocycles. The molecule has 3 heteroatoms. The van der Waals surface area contributed by atoms with E-state index in [1.165, 1.54) is 0 Å². The summed E-state index contributed by atoms with van der Waals surface area (Å²) in [6.45, 7) is 3.76. The fourth-order valence-electron chi connectivity index (χ4n) is 3.84. The Balaban J connectivity index is 2.12. The lowest BCUT2D eigenvalue weighted by Gasteiger charge is -2.37. The number of rotatable bonds is 6. The summed E-state index contributed by atoms with van der Waals surface area (Å²) in [6, 6.07) is 30.0. The molecule has 1 aromatic heterocycles. The van der Waals surface area contributed by atoms with Gasteiger partial charge in [0.1, 0.15) is 5.54 Å². The monoisotopic (exact) mass is 368 g/mol. The van der Waals surface area contributed by atoms with Crippen LogP contribution in [-0.4, -0.2) is 9.55 Å². The van der Waals surface area contributed by atoms with E-state index in [1.807, 2.05) is 91.0 Å². The number of allylic oxidation sites excluding steroid dienone is 1. The molecule has 0 aliphatic rings. The first-order valence-corrected chi connectivity index (χ1v) is 9.28. The molecule has 0 unspecified atom stereocenters. The van der Waals surface area contributed by atoms with Crippen LogP contribution >= 0.6 is 0 Å². The maximum atomic E-state index is 15.3. The highest BCUT2D eigenvalue weighted by Crippen LogP contribution is 2.41. The molecule has 138 valence electrons. The van der Waals surface area contributed by atoms with Crippen molar-refractivity contribution < 1.29 is 4.39 Å². The van der Waals surface area contributed by atoms with Gasteiger partial charge in [-0.2, -0.15) is 4.39 Å². The van der Waals surface area contributed by atoms with Gasteiger partial charge in [0.2, 0.25) is 0 Å². The van der Waals surface area contributed by atoms with Gasteiger partial charge in [-0.3, -0.25) is 4.57 Å². The fraction of sp³-hybridized carbons (Fsp3) is 0.0800. The molecule has 4 rings (SSSR count). The van der Waals surface area contributed by atoms with Gasteiger partial charge in [-0.15, -0.1) is 6.58 Å². The van der Waals surface area contributed by atoms with Crippen molar-refractivity contribution in [3.63, 3.8) is 0 Å². The van der Waals surface area contributed by atoms with Gasteiger partial charge in [0.05, 0.1) is 5.69 Å². The number of hydrogen-bond acceptors (Lipinski definition) is 1. The average molecular weight is 368 g/mol. The van der Waals surface area contributed by atoms with Crippen LogP contribution in [0.1, 0.15) is 22.4 Å². The Kier molecular flexibility index (Phi) is 4.90. The second-order valence-electron chi connectivity index (χ2n) is 6.67. The van der Waals surface area contributed by atoms with E-state index in [0.29, 0.717) is 12.1 Å². The van der Waals surface area contributed by atoms with E-state index in [4.69, 9.17) is 0 Å². The van der Waals surface area contributed by atoms with Gasteiger partial charge in [-0.05, 0) is 16.7 Å². The van der Waals surface area contributed by atoms with Crippen LogP contribution in [0.5, 0.6) is 0 Å². The molecule has 0 spiro atoms. The van der Waals surface area contributed by atoms with Gasteiger partial charge in [-0.1, -0.05) is 97.1 Å².